The average Bonchev–Trinajstić information content (AvgIpc) is 3.37. The first-order valence-corrected chi connectivity index (χ1v) is 12.4. The van der Waals surface area contributed by atoms with Gasteiger partial charge < -0.3 is 14.6 Å². The molecule has 37 heavy (non-hydrogen) atoms. The van der Waals surface area contributed by atoms with Crippen LogP contribution in [0.2, 0.25) is 0 Å². The first-order chi connectivity index (χ1) is 18.0. The maximum absolute atomic E-state index is 13.0. The van der Waals surface area contributed by atoms with Crippen LogP contribution >= 0.6 is 0 Å². The minimum absolute atomic E-state index is 0.0414. The van der Waals surface area contributed by atoms with Gasteiger partial charge in [-0.05, 0) is 66.2 Å². The van der Waals surface area contributed by atoms with Crippen molar-refractivity contribution in [2.24, 2.45) is 0 Å². The first kappa shape index (κ1) is 22.8. The van der Waals surface area contributed by atoms with E-state index in [1.54, 1.807) is 0 Å². The Bertz CT molecular complexity index is 1610. The predicted molar refractivity (Wildman–Crippen MR) is 146 cm³/mol. The summed E-state index contributed by atoms with van der Waals surface area (Å²) in [5.41, 5.74) is 5.16. The Morgan fingerprint density at radius 3 is 2.43 bits per heavy atom. The number of carbonyl (C=O) groups excluding carboxylic acids is 2. The van der Waals surface area contributed by atoms with Crippen molar-refractivity contribution in [1.82, 2.24) is 4.90 Å². The number of amides is 2. The highest BCUT2D eigenvalue weighted by molar-refractivity contribution is 6.13. The van der Waals surface area contributed by atoms with E-state index < -0.39 is 0 Å². The predicted octanol–water partition coefficient (Wildman–Crippen LogP) is 6.86. The fourth-order valence-corrected chi connectivity index (χ4v) is 4.87. The minimum atomic E-state index is -0.142. The number of rotatable bonds is 4. The second kappa shape index (κ2) is 9.43. The fourth-order valence-electron chi connectivity index (χ4n) is 4.87. The molecule has 0 saturated heterocycles. The normalized spacial score (nSPS) is 12.8. The van der Waals surface area contributed by atoms with Crippen molar-refractivity contribution in [3.8, 4) is 11.3 Å². The Labute approximate surface area is 215 Å². The number of hydrogen-bond acceptors (Lipinski definition) is 3. The number of furan rings is 1. The van der Waals surface area contributed by atoms with E-state index in [0.29, 0.717) is 36.3 Å². The SMILES string of the molecule is Cc1ccc(C(=O)N2CCc3oc(-c4ccc(NC(=O)c5cccc6ccccc56)cc4)cc3C2)cc1. The van der Waals surface area contributed by atoms with Crippen molar-refractivity contribution in [1.29, 1.82) is 0 Å². The Morgan fingerprint density at radius 2 is 1.62 bits per heavy atom. The number of anilines is 1. The molecular formula is C32H26N2O3. The first-order valence-electron chi connectivity index (χ1n) is 12.4. The van der Waals surface area contributed by atoms with Gasteiger partial charge in [-0.1, -0.05) is 54.1 Å². The zero-order chi connectivity index (χ0) is 25.4. The van der Waals surface area contributed by atoms with E-state index in [0.717, 1.165) is 39.0 Å². The molecule has 0 unspecified atom stereocenters. The molecule has 4 aromatic carbocycles. The van der Waals surface area contributed by atoms with Crippen LogP contribution in [0.4, 0.5) is 5.69 Å². The van der Waals surface area contributed by atoms with Gasteiger partial charge in [-0.15, -0.1) is 0 Å². The third-order valence-corrected chi connectivity index (χ3v) is 6.91. The van der Waals surface area contributed by atoms with E-state index in [4.69, 9.17) is 4.42 Å². The second-order valence-electron chi connectivity index (χ2n) is 9.46. The van der Waals surface area contributed by atoms with Crippen molar-refractivity contribution in [3.63, 3.8) is 0 Å². The largest absolute Gasteiger partial charge is 0.461 e. The monoisotopic (exact) mass is 486 g/mol. The van der Waals surface area contributed by atoms with Crippen LogP contribution in [0.1, 0.15) is 37.6 Å². The molecule has 0 bridgehead atoms. The summed E-state index contributed by atoms with van der Waals surface area (Å²) in [6.45, 7) is 3.18. The molecule has 5 heteroatoms. The topological polar surface area (TPSA) is 62.6 Å². The molecule has 5 nitrogen and oxygen atoms in total. The Morgan fingerprint density at radius 1 is 0.865 bits per heavy atom. The van der Waals surface area contributed by atoms with Crippen molar-refractivity contribution in [3.05, 3.63) is 125 Å². The molecule has 2 amide bonds. The number of nitrogens with zero attached hydrogens (tertiary/aromatic N) is 1. The zero-order valence-corrected chi connectivity index (χ0v) is 20.5. The van der Waals surface area contributed by atoms with E-state index in [1.165, 1.54) is 0 Å². The average molecular weight is 487 g/mol. The quantitative estimate of drug-likeness (QED) is 0.302. The van der Waals surface area contributed by atoms with Gasteiger partial charge >= 0.3 is 0 Å². The highest BCUT2D eigenvalue weighted by Gasteiger charge is 2.25. The summed E-state index contributed by atoms with van der Waals surface area (Å²) in [4.78, 5) is 27.8. The third kappa shape index (κ3) is 4.52. The van der Waals surface area contributed by atoms with Crippen LogP contribution in [0.3, 0.4) is 0 Å². The van der Waals surface area contributed by atoms with Crippen LogP contribution in [-0.4, -0.2) is 23.3 Å². The maximum atomic E-state index is 13.0. The highest BCUT2D eigenvalue weighted by atomic mass is 16.3. The summed E-state index contributed by atoms with van der Waals surface area (Å²) >= 11 is 0. The summed E-state index contributed by atoms with van der Waals surface area (Å²) in [7, 11) is 0. The summed E-state index contributed by atoms with van der Waals surface area (Å²) in [5, 5.41) is 4.96. The van der Waals surface area contributed by atoms with Crippen molar-refractivity contribution >= 4 is 28.3 Å². The lowest BCUT2D eigenvalue weighted by molar-refractivity contribution is 0.0730. The number of carbonyl (C=O) groups is 2. The Kier molecular flexibility index (Phi) is 5.81. The third-order valence-electron chi connectivity index (χ3n) is 6.91. The lowest BCUT2D eigenvalue weighted by atomic mass is 10.0. The lowest BCUT2D eigenvalue weighted by Crippen LogP contribution is -2.35. The summed E-state index contributed by atoms with van der Waals surface area (Å²) in [5.74, 6) is 1.59. The van der Waals surface area contributed by atoms with Crippen molar-refractivity contribution in [2.45, 2.75) is 19.9 Å². The van der Waals surface area contributed by atoms with Crippen molar-refractivity contribution in [2.75, 3.05) is 11.9 Å². The molecule has 0 atom stereocenters. The summed E-state index contributed by atoms with van der Waals surface area (Å²) < 4.78 is 6.15. The lowest BCUT2D eigenvalue weighted by Gasteiger charge is -2.26. The molecule has 1 N–H and O–H groups in total. The van der Waals surface area contributed by atoms with E-state index in [-0.39, 0.29) is 11.8 Å². The molecule has 0 spiro atoms. The van der Waals surface area contributed by atoms with Crippen LogP contribution in [-0.2, 0) is 13.0 Å². The number of benzene rings is 4. The molecule has 2 heterocycles. The molecule has 1 aliphatic rings. The Hall–Kier alpha value is -4.64. The molecular weight excluding hydrogens is 460 g/mol. The van der Waals surface area contributed by atoms with Gasteiger partial charge in [-0.3, -0.25) is 9.59 Å². The number of fused-ring (bicyclic) bond motifs is 2. The molecule has 1 aromatic heterocycles. The van der Waals surface area contributed by atoms with E-state index in [1.807, 2.05) is 109 Å². The summed E-state index contributed by atoms with van der Waals surface area (Å²) in [6, 6.07) is 31.0. The molecule has 0 fully saturated rings. The second-order valence-corrected chi connectivity index (χ2v) is 9.46. The number of aryl methyl sites for hydroxylation is 1. The molecule has 0 saturated carbocycles. The fraction of sp³-hybridized carbons (Fsp3) is 0.125. The van der Waals surface area contributed by atoms with Gasteiger partial charge in [-0.25, -0.2) is 0 Å². The molecule has 0 radical (unpaired) electrons. The van der Waals surface area contributed by atoms with Gasteiger partial charge in [0.05, 0.1) is 0 Å². The highest BCUT2D eigenvalue weighted by Crippen LogP contribution is 2.31. The molecule has 182 valence electrons. The van der Waals surface area contributed by atoms with Crippen molar-refractivity contribution < 1.29 is 14.0 Å². The van der Waals surface area contributed by atoms with Gasteiger partial charge in [-0.2, -0.15) is 0 Å². The van der Waals surface area contributed by atoms with E-state index in [9.17, 15) is 9.59 Å². The molecule has 5 aromatic rings. The van der Waals surface area contributed by atoms with E-state index in [2.05, 4.69) is 5.32 Å². The maximum Gasteiger partial charge on any atom is 0.256 e. The van der Waals surface area contributed by atoms with Crippen LogP contribution in [0.15, 0.2) is 101 Å². The molecule has 0 aliphatic carbocycles. The smallest absolute Gasteiger partial charge is 0.256 e. The van der Waals surface area contributed by atoms with Gasteiger partial charge in [0.2, 0.25) is 0 Å². The van der Waals surface area contributed by atoms with E-state index >= 15 is 0 Å². The van der Waals surface area contributed by atoms with Crippen LogP contribution in [0.5, 0.6) is 0 Å². The van der Waals surface area contributed by atoms with Gasteiger partial charge in [0.25, 0.3) is 11.8 Å². The standard InChI is InChI=1S/C32H26N2O3/c1-21-9-11-24(12-10-21)32(36)34-18-17-29-25(20-34)19-30(37-29)23-13-15-26(16-14-23)33-31(35)28-8-4-6-22-5-2-3-7-27(22)28/h2-16,19H,17-18,20H2,1H3,(H,33,35). The van der Waals surface area contributed by atoms with Gasteiger partial charge in [0.15, 0.2) is 0 Å². The van der Waals surface area contributed by atoms with Crippen LogP contribution < -0.4 is 5.32 Å². The van der Waals surface area contributed by atoms with Gasteiger partial charge in [0.1, 0.15) is 11.5 Å². The van der Waals surface area contributed by atoms with Crippen LogP contribution in [0, 0.1) is 6.92 Å². The number of nitrogens with one attached hydrogen (secondary N) is 1. The number of hydrogen-bond donors (Lipinski definition) is 1. The summed E-state index contributed by atoms with van der Waals surface area (Å²) in [6.07, 6.45) is 0.687. The van der Waals surface area contributed by atoms with Gasteiger partial charge in [0, 0.05) is 47.5 Å². The molecule has 1 aliphatic heterocycles. The van der Waals surface area contributed by atoms with Crippen LogP contribution in [0.25, 0.3) is 22.1 Å². The Balaban J connectivity index is 1.16. The molecule has 6 rings (SSSR count). The minimum Gasteiger partial charge on any atom is -0.461 e. The zero-order valence-electron chi connectivity index (χ0n) is 20.5.